The summed E-state index contributed by atoms with van der Waals surface area (Å²) >= 11 is 3.40. The molecular weight excluding hydrogens is 406 g/mol. The number of allylic oxidation sites excluding steroid dienone is 1. The monoisotopic (exact) mass is 427 g/mol. The van der Waals surface area contributed by atoms with E-state index in [0.717, 1.165) is 22.9 Å². The molecule has 1 heterocycles. The van der Waals surface area contributed by atoms with E-state index >= 15 is 0 Å². The van der Waals surface area contributed by atoms with E-state index in [9.17, 15) is 14.7 Å². The van der Waals surface area contributed by atoms with Crippen LogP contribution in [0.1, 0.15) is 37.3 Å². The van der Waals surface area contributed by atoms with Gasteiger partial charge < -0.3 is 10.0 Å². The maximum Gasteiger partial charge on any atom is 0.264 e. The molecule has 1 aliphatic heterocycles. The number of nitrogens with zero attached hydrogens (tertiary/aromatic N) is 1. The van der Waals surface area contributed by atoms with Crippen LogP contribution in [0.3, 0.4) is 0 Å². The lowest BCUT2D eigenvalue weighted by Gasteiger charge is -2.22. The third-order valence-electron chi connectivity index (χ3n) is 4.72. The highest BCUT2D eigenvalue weighted by atomic mass is 79.9. The molecule has 0 saturated carbocycles. The number of aliphatic hydroxyl groups is 1. The van der Waals surface area contributed by atoms with Crippen LogP contribution >= 0.6 is 15.9 Å². The number of amides is 1. The van der Waals surface area contributed by atoms with Crippen LogP contribution < -0.4 is 4.90 Å². The number of hydrogen-bond acceptors (Lipinski definition) is 3. The lowest BCUT2D eigenvalue weighted by atomic mass is 9.89. The Bertz CT molecular complexity index is 878. The summed E-state index contributed by atoms with van der Waals surface area (Å²) in [5.41, 5.74) is 0.229. The molecule has 1 unspecified atom stereocenters. The molecule has 3 rings (SSSR count). The van der Waals surface area contributed by atoms with Gasteiger partial charge >= 0.3 is 0 Å². The van der Waals surface area contributed by atoms with E-state index in [1.54, 1.807) is 17.0 Å². The predicted molar refractivity (Wildman–Crippen MR) is 110 cm³/mol. The minimum Gasteiger partial charge on any atom is -0.375 e. The van der Waals surface area contributed by atoms with Crippen LogP contribution in [0.15, 0.2) is 59.1 Å². The van der Waals surface area contributed by atoms with E-state index in [0.29, 0.717) is 17.8 Å². The highest BCUT2D eigenvalue weighted by Crippen LogP contribution is 2.43. The lowest BCUT2D eigenvalue weighted by Crippen LogP contribution is -2.42. The number of halogens is 1. The van der Waals surface area contributed by atoms with Crippen LogP contribution in [0.25, 0.3) is 6.08 Å². The average Bonchev–Trinajstić information content (AvgIpc) is 2.86. The average molecular weight is 428 g/mol. The number of unbranched alkanes of at least 4 members (excludes halogenated alkanes) is 1. The number of fused-ring (bicyclic) bond motifs is 1. The fraction of sp³-hybridized carbons (Fsp3) is 0.273. The smallest absolute Gasteiger partial charge is 0.264 e. The van der Waals surface area contributed by atoms with Gasteiger partial charge in [0.1, 0.15) is 0 Å². The Labute approximate surface area is 167 Å². The molecule has 1 amide bonds. The third kappa shape index (κ3) is 4.04. The summed E-state index contributed by atoms with van der Waals surface area (Å²) in [7, 11) is 0. The van der Waals surface area contributed by atoms with E-state index in [4.69, 9.17) is 0 Å². The van der Waals surface area contributed by atoms with Crippen molar-refractivity contribution in [2.24, 2.45) is 0 Å². The molecule has 1 N–H and O–H groups in total. The normalized spacial score (nSPS) is 18.9. The second-order valence-corrected chi connectivity index (χ2v) is 7.63. The van der Waals surface area contributed by atoms with E-state index in [-0.39, 0.29) is 12.2 Å². The summed E-state index contributed by atoms with van der Waals surface area (Å²) in [6, 6.07) is 14.8. The first-order valence-electron chi connectivity index (χ1n) is 9.06. The maximum absolute atomic E-state index is 13.0. The SMILES string of the molecule is CCCCN1C(=O)C(O)(CC(=O)/C=C/c2ccccc2)c2cc(Br)ccc21. The van der Waals surface area contributed by atoms with E-state index < -0.39 is 11.5 Å². The Morgan fingerprint density at radius 1 is 1.22 bits per heavy atom. The van der Waals surface area contributed by atoms with Crippen LogP contribution in [0.4, 0.5) is 5.69 Å². The number of benzene rings is 2. The summed E-state index contributed by atoms with van der Waals surface area (Å²) in [6.45, 7) is 2.58. The summed E-state index contributed by atoms with van der Waals surface area (Å²) in [6.07, 6.45) is 4.61. The number of ketones is 1. The molecule has 0 aliphatic carbocycles. The zero-order chi connectivity index (χ0) is 19.4. The van der Waals surface area contributed by atoms with Gasteiger partial charge in [-0.3, -0.25) is 9.59 Å². The fourth-order valence-corrected chi connectivity index (χ4v) is 3.66. The molecule has 1 aliphatic rings. The third-order valence-corrected chi connectivity index (χ3v) is 5.21. The van der Waals surface area contributed by atoms with Gasteiger partial charge in [0.15, 0.2) is 11.4 Å². The molecule has 1 atom stereocenters. The minimum absolute atomic E-state index is 0.277. The Morgan fingerprint density at radius 3 is 2.67 bits per heavy atom. The topological polar surface area (TPSA) is 57.6 Å². The van der Waals surface area contributed by atoms with Gasteiger partial charge in [-0.2, -0.15) is 0 Å². The second kappa shape index (κ2) is 8.19. The molecule has 140 valence electrons. The van der Waals surface area contributed by atoms with Crippen molar-refractivity contribution in [3.8, 4) is 0 Å². The molecule has 0 spiro atoms. The van der Waals surface area contributed by atoms with Crippen molar-refractivity contribution in [3.63, 3.8) is 0 Å². The van der Waals surface area contributed by atoms with Gasteiger partial charge in [0.05, 0.1) is 12.1 Å². The van der Waals surface area contributed by atoms with Crippen molar-refractivity contribution < 1.29 is 14.7 Å². The lowest BCUT2D eigenvalue weighted by molar-refractivity contribution is -0.140. The molecular formula is C22H22BrNO3. The van der Waals surface area contributed by atoms with Crippen molar-refractivity contribution in [3.05, 3.63) is 70.2 Å². The first kappa shape index (κ1) is 19.5. The van der Waals surface area contributed by atoms with Crippen molar-refractivity contribution >= 4 is 39.4 Å². The Kier molecular flexibility index (Phi) is 5.92. The van der Waals surface area contributed by atoms with Crippen LogP contribution in [0.5, 0.6) is 0 Å². The molecule has 0 bridgehead atoms. The Morgan fingerprint density at radius 2 is 1.96 bits per heavy atom. The van der Waals surface area contributed by atoms with Crippen LogP contribution in [0.2, 0.25) is 0 Å². The Balaban J connectivity index is 1.87. The van der Waals surface area contributed by atoms with Crippen molar-refractivity contribution in [2.45, 2.75) is 31.8 Å². The number of carbonyl (C=O) groups excluding carboxylic acids is 2. The summed E-state index contributed by atoms with van der Waals surface area (Å²) < 4.78 is 0.761. The molecule has 0 aromatic heterocycles. The van der Waals surface area contributed by atoms with Gasteiger partial charge in [-0.25, -0.2) is 0 Å². The van der Waals surface area contributed by atoms with Crippen molar-refractivity contribution in [2.75, 3.05) is 11.4 Å². The van der Waals surface area contributed by atoms with Gasteiger partial charge in [0.2, 0.25) is 0 Å². The minimum atomic E-state index is -1.83. The first-order chi connectivity index (χ1) is 13.0. The zero-order valence-corrected chi connectivity index (χ0v) is 16.8. The van der Waals surface area contributed by atoms with E-state index in [1.165, 1.54) is 6.08 Å². The quantitative estimate of drug-likeness (QED) is 0.663. The van der Waals surface area contributed by atoms with Gasteiger partial charge in [0.25, 0.3) is 5.91 Å². The van der Waals surface area contributed by atoms with Crippen LogP contribution in [0, 0.1) is 0 Å². The van der Waals surface area contributed by atoms with Gasteiger partial charge in [-0.1, -0.05) is 65.7 Å². The first-order valence-corrected chi connectivity index (χ1v) is 9.85. The molecule has 2 aromatic carbocycles. The van der Waals surface area contributed by atoms with Gasteiger partial charge in [-0.15, -0.1) is 0 Å². The molecule has 0 saturated heterocycles. The predicted octanol–water partition coefficient (Wildman–Crippen LogP) is 4.46. The molecule has 2 aromatic rings. The van der Waals surface area contributed by atoms with E-state index in [1.807, 2.05) is 49.4 Å². The summed E-state index contributed by atoms with van der Waals surface area (Å²) in [5.74, 6) is -0.719. The Hall–Kier alpha value is -2.24. The highest BCUT2D eigenvalue weighted by molar-refractivity contribution is 9.10. The summed E-state index contributed by atoms with van der Waals surface area (Å²) in [4.78, 5) is 27.1. The van der Waals surface area contributed by atoms with E-state index in [2.05, 4.69) is 15.9 Å². The second-order valence-electron chi connectivity index (χ2n) is 6.72. The van der Waals surface area contributed by atoms with Gasteiger partial charge in [-0.05, 0) is 36.3 Å². The number of carbonyl (C=O) groups is 2. The van der Waals surface area contributed by atoms with Crippen LogP contribution in [-0.4, -0.2) is 23.3 Å². The molecule has 27 heavy (non-hydrogen) atoms. The number of anilines is 1. The van der Waals surface area contributed by atoms with Gasteiger partial charge in [0, 0.05) is 16.6 Å². The van der Waals surface area contributed by atoms with Crippen LogP contribution in [-0.2, 0) is 15.2 Å². The number of rotatable bonds is 7. The largest absolute Gasteiger partial charge is 0.375 e. The maximum atomic E-state index is 13.0. The summed E-state index contributed by atoms with van der Waals surface area (Å²) in [5, 5.41) is 11.2. The fourth-order valence-electron chi connectivity index (χ4n) is 3.30. The highest BCUT2D eigenvalue weighted by Gasteiger charge is 2.50. The molecule has 0 radical (unpaired) electrons. The molecule has 4 nitrogen and oxygen atoms in total. The number of hydrogen-bond donors (Lipinski definition) is 1. The molecule has 5 heteroatoms. The van der Waals surface area contributed by atoms with Crippen molar-refractivity contribution in [1.29, 1.82) is 0 Å². The zero-order valence-electron chi connectivity index (χ0n) is 15.2. The standard InChI is InChI=1S/C22H22BrNO3/c1-2-3-13-24-20-12-10-17(23)14-19(20)22(27,21(24)26)15-18(25)11-9-16-7-5-4-6-8-16/h4-12,14,27H,2-3,13,15H2,1H3/b11-9+. The molecule has 0 fully saturated rings. The van der Waals surface area contributed by atoms with Crippen molar-refractivity contribution in [1.82, 2.24) is 0 Å².